The number of aliphatic hydroxyl groups excluding tert-OH is 1. The summed E-state index contributed by atoms with van der Waals surface area (Å²) < 4.78 is 0. The quantitative estimate of drug-likeness (QED) is 0.120. The van der Waals surface area contributed by atoms with E-state index in [0.29, 0.717) is 0 Å². The van der Waals surface area contributed by atoms with Crippen LogP contribution < -0.4 is 27.4 Å². The second-order valence-electron chi connectivity index (χ2n) is 7.42. The number of carbonyl (C=O) groups excluding carboxylic acids is 4. The Hall–Kier alpha value is -3.26. The molecule has 4 unspecified atom stereocenters. The largest absolute Gasteiger partial charge is 0.481 e. The van der Waals surface area contributed by atoms with E-state index in [2.05, 4.69) is 16.0 Å². The molecule has 0 saturated heterocycles. The number of aliphatic carboxylic acids is 2. The SMILES string of the molecule is CC(C)C(NC(=O)C(N)CCC(=O)O)C(=O)NC(CO)C(=O)NC(CCC(N)=O)C(=O)O. The molecular formula is C18H31N5O9. The fourth-order valence-electron chi connectivity index (χ4n) is 2.48. The average molecular weight is 461 g/mol. The van der Waals surface area contributed by atoms with Crippen LogP contribution in [0, 0.1) is 5.92 Å². The fraction of sp³-hybridized carbons (Fsp3) is 0.667. The van der Waals surface area contributed by atoms with Crippen LogP contribution in [0.5, 0.6) is 0 Å². The van der Waals surface area contributed by atoms with E-state index in [4.69, 9.17) is 21.7 Å². The first kappa shape index (κ1) is 28.7. The molecule has 0 heterocycles. The monoisotopic (exact) mass is 461 g/mol. The van der Waals surface area contributed by atoms with Crippen molar-refractivity contribution in [1.82, 2.24) is 16.0 Å². The first-order chi connectivity index (χ1) is 14.8. The predicted octanol–water partition coefficient (Wildman–Crippen LogP) is -3.37. The topological polar surface area (TPSA) is 251 Å². The van der Waals surface area contributed by atoms with Crippen molar-refractivity contribution in [3.05, 3.63) is 0 Å². The number of carbonyl (C=O) groups is 6. The van der Waals surface area contributed by atoms with Crippen molar-refractivity contribution in [3.63, 3.8) is 0 Å². The Bertz CT molecular complexity index is 713. The van der Waals surface area contributed by atoms with Gasteiger partial charge in [0.05, 0.1) is 12.6 Å². The first-order valence-electron chi connectivity index (χ1n) is 9.80. The maximum Gasteiger partial charge on any atom is 0.326 e. The van der Waals surface area contributed by atoms with Crippen molar-refractivity contribution in [1.29, 1.82) is 0 Å². The summed E-state index contributed by atoms with van der Waals surface area (Å²) in [4.78, 5) is 69.8. The van der Waals surface area contributed by atoms with Crippen LogP contribution in [0.2, 0.25) is 0 Å². The molecule has 0 aromatic heterocycles. The molecule has 0 rings (SSSR count). The molecular weight excluding hydrogens is 430 g/mol. The van der Waals surface area contributed by atoms with Gasteiger partial charge in [-0.1, -0.05) is 13.8 Å². The third-order valence-corrected chi connectivity index (χ3v) is 4.36. The summed E-state index contributed by atoms with van der Waals surface area (Å²) in [5, 5.41) is 34.0. The summed E-state index contributed by atoms with van der Waals surface area (Å²) >= 11 is 0. The van der Waals surface area contributed by atoms with Crippen molar-refractivity contribution in [2.75, 3.05) is 6.61 Å². The molecule has 0 aliphatic heterocycles. The van der Waals surface area contributed by atoms with Crippen LogP contribution in [0.4, 0.5) is 0 Å². The first-order valence-corrected chi connectivity index (χ1v) is 9.80. The van der Waals surface area contributed by atoms with Crippen molar-refractivity contribution >= 4 is 35.6 Å². The summed E-state index contributed by atoms with van der Waals surface area (Å²) in [5.74, 6) is -6.47. The molecule has 0 aliphatic rings. The van der Waals surface area contributed by atoms with Crippen molar-refractivity contribution < 1.29 is 44.1 Å². The number of nitrogens with two attached hydrogens (primary N) is 2. The smallest absolute Gasteiger partial charge is 0.326 e. The van der Waals surface area contributed by atoms with E-state index in [1.807, 2.05) is 0 Å². The molecule has 4 atom stereocenters. The predicted molar refractivity (Wildman–Crippen MR) is 109 cm³/mol. The standard InChI is InChI=1S/C18H31N5O9/c1-8(2)14(23-15(28)9(19)3-6-13(26)27)17(30)22-11(7-24)16(29)21-10(18(31)32)4-5-12(20)25/h8-11,14,24H,3-7,19H2,1-2H3,(H2,20,25)(H,21,29)(H,22,30)(H,23,28)(H,26,27)(H,31,32). The maximum absolute atomic E-state index is 12.6. The minimum absolute atomic E-state index is 0.156. The van der Waals surface area contributed by atoms with E-state index in [-0.39, 0.29) is 25.7 Å². The molecule has 0 bridgehead atoms. The number of amides is 4. The summed E-state index contributed by atoms with van der Waals surface area (Å²) in [6.45, 7) is 2.30. The number of rotatable bonds is 15. The molecule has 10 N–H and O–H groups in total. The van der Waals surface area contributed by atoms with Gasteiger partial charge in [-0.05, 0) is 18.8 Å². The molecule has 0 fully saturated rings. The molecule has 0 aliphatic carbocycles. The number of primary amides is 1. The second kappa shape index (κ2) is 13.9. The summed E-state index contributed by atoms with van der Waals surface area (Å²) in [6.07, 6.45) is -1.10. The van der Waals surface area contributed by atoms with Gasteiger partial charge in [0.2, 0.25) is 23.6 Å². The minimum atomic E-state index is -1.54. The van der Waals surface area contributed by atoms with Gasteiger partial charge >= 0.3 is 11.9 Å². The van der Waals surface area contributed by atoms with Crippen molar-refractivity contribution in [3.8, 4) is 0 Å². The molecule has 0 aromatic carbocycles. The highest BCUT2D eigenvalue weighted by atomic mass is 16.4. The van der Waals surface area contributed by atoms with Gasteiger partial charge in [-0.15, -0.1) is 0 Å². The van der Waals surface area contributed by atoms with E-state index in [9.17, 15) is 33.9 Å². The molecule has 182 valence electrons. The van der Waals surface area contributed by atoms with Crippen molar-refractivity contribution in [2.24, 2.45) is 17.4 Å². The van der Waals surface area contributed by atoms with E-state index in [1.165, 1.54) is 0 Å². The fourth-order valence-corrected chi connectivity index (χ4v) is 2.48. The van der Waals surface area contributed by atoms with Crippen LogP contribution in [0.1, 0.15) is 39.5 Å². The van der Waals surface area contributed by atoms with Crippen molar-refractivity contribution in [2.45, 2.75) is 63.7 Å². The Morgan fingerprint density at radius 3 is 1.81 bits per heavy atom. The lowest BCUT2D eigenvalue weighted by molar-refractivity contribution is -0.143. The van der Waals surface area contributed by atoms with Gasteiger partial charge in [0, 0.05) is 12.8 Å². The number of aliphatic hydroxyl groups is 1. The van der Waals surface area contributed by atoms with Crippen LogP contribution in [0.25, 0.3) is 0 Å². The molecule has 14 nitrogen and oxygen atoms in total. The Labute approximate surface area is 184 Å². The molecule has 0 spiro atoms. The Kier molecular flexibility index (Phi) is 12.5. The highest BCUT2D eigenvalue weighted by molar-refractivity contribution is 5.94. The van der Waals surface area contributed by atoms with Crippen LogP contribution in [-0.4, -0.2) is 81.7 Å². The van der Waals surface area contributed by atoms with Crippen LogP contribution in [0.15, 0.2) is 0 Å². The van der Waals surface area contributed by atoms with Gasteiger partial charge in [0.15, 0.2) is 0 Å². The minimum Gasteiger partial charge on any atom is -0.481 e. The third-order valence-electron chi connectivity index (χ3n) is 4.36. The molecule has 0 aromatic rings. The van der Waals surface area contributed by atoms with Gasteiger partial charge in [-0.2, -0.15) is 0 Å². The van der Waals surface area contributed by atoms with Gasteiger partial charge < -0.3 is 42.7 Å². The lowest BCUT2D eigenvalue weighted by Gasteiger charge is -2.26. The number of carboxylic acid groups (broad SMARTS) is 2. The summed E-state index contributed by atoms with van der Waals surface area (Å²) in [7, 11) is 0. The van der Waals surface area contributed by atoms with Crippen LogP contribution in [0.3, 0.4) is 0 Å². The molecule has 0 radical (unpaired) electrons. The zero-order chi connectivity index (χ0) is 25.0. The highest BCUT2D eigenvalue weighted by Gasteiger charge is 2.31. The molecule has 14 heteroatoms. The highest BCUT2D eigenvalue weighted by Crippen LogP contribution is 2.05. The van der Waals surface area contributed by atoms with E-state index in [1.54, 1.807) is 13.8 Å². The average Bonchev–Trinajstić information content (AvgIpc) is 2.69. The number of carboxylic acids is 2. The lowest BCUT2D eigenvalue weighted by atomic mass is 10.0. The van der Waals surface area contributed by atoms with E-state index >= 15 is 0 Å². The summed E-state index contributed by atoms with van der Waals surface area (Å²) in [5.41, 5.74) is 10.6. The van der Waals surface area contributed by atoms with E-state index in [0.717, 1.165) is 0 Å². The number of hydrogen-bond donors (Lipinski definition) is 8. The third kappa shape index (κ3) is 10.7. The second-order valence-corrected chi connectivity index (χ2v) is 7.42. The maximum atomic E-state index is 12.6. The zero-order valence-corrected chi connectivity index (χ0v) is 17.9. The molecule has 4 amide bonds. The van der Waals surface area contributed by atoms with Gasteiger partial charge in [0.25, 0.3) is 0 Å². The summed E-state index contributed by atoms with van der Waals surface area (Å²) in [6, 6.07) is -5.38. The van der Waals surface area contributed by atoms with Gasteiger partial charge in [-0.25, -0.2) is 4.79 Å². The van der Waals surface area contributed by atoms with Crippen LogP contribution in [-0.2, 0) is 28.8 Å². The molecule has 32 heavy (non-hydrogen) atoms. The van der Waals surface area contributed by atoms with Gasteiger partial charge in [0.1, 0.15) is 18.1 Å². The normalized spacial score (nSPS) is 14.5. The number of nitrogens with one attached hydrogen (secondary N) is 3. The Balaban J connectivity index is 5.14. The number of hydrogen-bond acceptors (Lipinski definition) is 8. The Morgan fingerprint density at radius 2 is 1.38 bits per heavy atom. The lowest BCUT2D eigenvalue weighted by Crippen LogP contribution is -2.59. The van der Waals surface area contributed by atoms with Crippen LogP contribution >= 0.6 is 0 Å². The van der Waals surface area contributed by atoms with Gasteiger partial charge in [-0.3, -0.25) is 24.0 Å². The zero-order valence-electron chi connectivity index (χ0n) is 17.9. The van der Waals surface area contributed by atoms with E-state index < -0.39 is 72.3 Å². The molecule has 0 saturated carbocycles. The Morgan fingerprint density at radius 1 is 0.812 bits per heavy atom.